The van der Waals surface area contributed by atoms with Crippen molar-refractivity contribution in [2.45, 2.75) is 26.3 Å². The van der Waals surface area contributed by atoms with E-state index in [9.17, 15) is 0 Å². The van der Waals surface area contributed by atoms with Crippen molar-refractivity contribution in [3.63, 3.8) is 0 Å². The molecular formula is C16H18N4S. The molecule has 0 bridgehead atoms. The molecule has 2 aromatic heterocycles. The van der Waals surface area contributed by atoms with E-state index >= 15 is 0 Å². The normalized spacial score (nSPS) is 12.5. The first-order valence-corrected chi connectivity index (χ1v) is 7.84. The number of thiazole rings is 1. The lowest BCUT2D eigenvalue weighted by Gasteiger charge is -2.16. The maximum atomic E-state index is 6.27. The summed E-state index contributed by atoms with van der Waals surface area (Å²) in [5, 5.41) is 6.62. The maximum Gasteiger partial charge on any atom is 0.115 e. The Morgan fingerprint density at radius 1 is 1.29 bits per heavy atom. The Hall–Kier alpha value is -2.14. The van der Waals surface area contributed by atoms with E-state index in [0.29, 0.717) is 0 Å². The quantitative estimate of drug-likeness (QED) is 0.714. The van der Waals surface area contributed by atoms with Crippen molar-refractivity contribution in [3.05, 3.63) is 46.7 Å². The molecule has 0 aliphatic carbocycles. The van der Waals surface area contributed by atoms with Gasteiger partial charge in [-0.1, -0.05) is 13.0 Å². The van der Waals surface area contributed by atoms with Crippen molar-refractivity contribution >= 4 is 33.5 Å². The van der Waals surface area contributed by atoms with E-state index in [1.165, 1.54) is 4.88 Å². The number of pyridine rings is 1. The summed E-state index contributed by atoms with van der Waals surface area (Å²) < 4.78 is 0. The largest absolute Gasteiger partial charge is 0.397 e. The summed E-state index contributed by atoms with van der Waals surface area (Å²) in [4.78, 5) is 9.90. The van der Waals surface area contributed by atoms with Gasteiger partial charge in [0.1, 0.15) is 5.01 Å². The van der Waals surface area contributed by atoms with Gasteiger partial charge in [-0.2, -0.15) is 0 Å². The van der Waals surface area contributed by atoms with Gasteiger partial charge in [0.25, 0.3) is 0 Å². The molecule has 0 fully saturated rings. The molecular weight excluding hydrogens is 280 g/mol. The summed E-state index contributed by atoms with van der Waals surface area (Å²) >= 11 is 1.75. The fourth-order valence-corrected chi connectivity index (χ4v) is 3.16. The minimum atomic E-state index is 0.136. The third-order valence-electron chi connectivity index (χ3n) is 3.52. The van der Waals surface area contributed by atoms with Crippen molar-refractivity contribution in [2.75, 3.05) is 11.1 Å². The van der Waals surface area contributed by atoms with Gasteiger partial charge in [0.2, 0.25) is 0 Å². The first-order chi connectivity index (χ1) is 10.2. The summed E-state index contributed by atoms with van der Waals surface area (Å²) in [5.74, 6) is 0. The van der Waals surface area contributed by atoms with Crippen LogP contribution in [0.3, 0.4) is 0 Å². The summed E-state index contributed by atoms with van der Waals surface area (Å²) in [6.45, 7) is 4.25. The summed E-state index contributed by atoms with van der Waals surface area (Å²) in [5.41, 5.74) is 7.97. The lowest BCUT2D eigenvalue weighted by molar-refractivity contribution is 0.870. The summed E-state index contributed by atoms with van der Waals surface area (Å²) in [6.07, 6.45) is 6.57. The van der Waals surface area contributed by atoms with Gasteiger partial charge in [-0.15, -0.1) is 11.3 Å². The predicted molar refractivity (Wildman–Crippen MR) is 89.7 cm³/mol. The van der Waals surface area contributed by atoms with E-state index < -0.39 is 0 Å². The van der Waals surface area contributed by atoms with E-state index in [1.54, 1.807) is 17.5 Å². The Labute approximate surface area is 128 Å². The highest BCUT2D eigenvalue weighted by atomic mass is 32.1. The average molecular weight is 298 g/mol. The van der Waals surface area contributed by atoms with Gasteiger partial charge in [0.15, 0.2) is 0 Å². The van der Waals surface area contributed by atoms with E-state index in [2.05, 4.69) is 29.1 Å². The Balaban J connectivity index is 1.89. The minimum Gasteiger partial charge on any atom is -0.397 e. The highest BCUT2D eigenvalue weighted by Gasteiger charge is 2.12. The van der Waals surface area contributed by atoms with Crippen LogP contribution in [0.15, 0.2) is 36.8 Å². The molecule has 3 N–H and O–H groups in total. The number of aryl methyl sites for hydroxylation is 1. The van der Waals surface area contributed by atoms with Crippen LogP contribution < -0.4 is 11.1 Å². The lowest BCUT2D eigenvalue weighted by Crippen LogP contribution is -2.08. The van der Waals surface area contributed by atoms with Crippen LogP contribution in [0, 0.1) is 0 Å². The molecule has 0 aliphatic rings. The van der Waals surface area contributed by atoms with Crippen molar-refractivity contribution in [3.8, 4) is 0 Å². The topological polar surface area (TPSA) is 63.8 Å². The molecule has 1 aromatic carbocycles. The predicted octanol–water partition coefficient (Wildman–Crippen LogP) is 4.01. The van der Waals surface area contributed by atoms with Gasteiger partial charge < -0.3 is 11.1 Å². The molecule has 3 rings (SSSR count). The third-order valence-corrected chi connectivity index (χ3v) is 4.85. The molecule has 0 spiro atoms. The van der Waals surface area contributed by atoms with Gasteiger partial charge in [-0.05, 0) is 25.5 Å². The monoisotopic (exact) mass is 298 g/mol. The number of anilines is 2. The van der Waals surface area contributed by atoms with Crippen molar-refractivity contribution in [2.24, 2.45) is 0 Å². The molecule has 3 aromatic rings. The fraction of sp³-hybridized carbons (Fsp3) is 0.250. The van der Waals surface area contributed by atoms with Crippen LogP contribution in [0.1, 0.15) is 29.8 Å². The van der Waals surface area contributed by atoms with Crippen molar-refractivity contribution < 1.29 is 0 Å². The lowest BCUT2D eigenvalue weighted by atomic mass is 10.1. The molecule has 108 valence electrons. The number of nitrogens with one attached hydrogen (secondary N) is 1. The van der Waals surface area contributed by atoms with Crippen LogP contribution in [-0.4, -0.2) is 9.97 Å². The van der Waals surface area contributed by atoms with Gasteiger partial charge >= 0.3 is 0 Å². The Kier molecular flexibility index (Phi) is 3.75. The third kappa shape index (κ3) is 2.69. The number of benzene rings is 1. The number of fused-ring (bicyclic) bond motifs is 1. The first-order valence-electron chi connectivity index (χ1n) is 7.02. The Morgan fingerprint density at radius 3 is 2.90 bits per heavy atom. The van der Waals surface area contributed by atoms with Gasteiger partial charge in [0.05, 0.1) is 17.4 Å². The molecule has 0 aliphatic heterocycles. The standard InChI is InChI=1S/C16H18N4S/c1-3-12-9-19-16(21-12)10(2)20-14-5-4-11-8-18-7-6-13(11)15(14)17/h4-10,20H,3,17H2,1-2H3. The number of rotatable bonds is 4. The molecule has 2 heterocycles. The molecule has 4 nitrogen and oxygen atoms in total. The average Bonchev–Trinajstić information content (AvgIpc) is 2.99. The molecule has 0 saturated carbocycles. The Morgan fingerprint density at radius 2 is 2.14 bits per heavy atom. The molecule has 0 amide bonds. The second kappa shape index (κ2) is 5.69. The maximum absolute atomic E-state index is 6.27. The molecule has 1 unspecified atom stereocenters. The second-order valence-corrected chi connectivity index (χ2v) is 6.15. The highest BCUT2D eigenvalue weighted by molar-refractivity contribution is 7.11. The van der Waals surface area contributed by atoms with Crippen LogP contribution in [-0.2, 0) is 6.42 Å². The van der Waals surface area contributed by atoms with Gasteiger partial charge in [-0.25, -0.2) is 4.98 Å². The van der Waals surface area contributed by atoms with Crippen molar-refractivity contribution in [1.82, 2.24) is 9.97 Å². The number of aromatic nitrogens is 2. The van der Waals surface area contributed by atoms with Crippen LogP contribution >= 0.6 is 11.3 Å². The molecule has 1 atom stereocenters. The van der Waals surface area contributed by atoms with Gasteiger partial charge in [-0.3, -0.25) is 4.98 Å². The number of hydrogen-bond acceptors (Lipinski definition) is 5. The molecule has 5 heteroatoms. The summed E-state index contributed by atoms with van der Waals surface area (Å²) in [7, 11) is 0. The summed E-state index contributed by atoms with van der Waals surface area (Å²) in [6, 6.07) is 6.12. The van der Waals surface area contributed by atoms with Crippen LogP contribution in [0.4, 0.5) is 11.4 Å². The SMILES string of the molecule is CCc1cnc(C(C)Nc2ccc3cnccc3c2N)s1. The van der Waals surface area contributed by atoms with E-state index in [1.807, 2.05) is 30.6 Å². The molecule has 21 heavy (non-hydrogen) atoms. The van der Waals surface area contributed by atoms with Crippen LogP contribution in [0.25, 0.3) is 10.8 Å². The van der Waals surface area contributed by atoms with Crippen molar-refractivity contribution in [1.29, 1.82) is 0 Å². The Bertz CT molecular complexity index is 766. The zero-order chi connectivity index (χ0) is 14.8. The number of nitrogen functional groups attached to an aromatic ring is 1. The zero-order valence-electron chi connectivity index (χ0n) is 12.1. The van der Waals surface area contributed by atoms with E-state index in [4.69, 9.17) is 5.73 Å². The molecule has 0 saturated heterocycles. The highest BCUT2D eigenvalue weighted by Crippen LogP contribution is 2.31. The van der Waals surface area contributed by atoms with E-state index in [-0.39, 0.29) is 6.04 Å². The number of hydrogen-bond donors (Lipinski definition) is 2. The molecule has 0 radical (unpaired) electrons. The zero-order valence-corrected chi connectivity index (χ0v) is 12.9. The second-order valence-electron chi connectivity index (χ2n) is 5.01. The fourth-order valence-electron chi connectivity index (χ4n) is 2.30. The minimum absolute atomic E-state index is 0.136. The van der Waals surface area contributed by atoms with E-state index in [0.717, 1.165) is 33.6 Å². The smallest absolute Gasteiger partial charge is 0.115 e. The van der Waals surface area contributed by atoms with Crippen LogP contribution in [0.5, 0.6) is 0 Å². The number of nitrogens with two attached hydrogens (primary N) is 1. The first kappa shape index (κ1) is 13.8. The van der Waals surface area contributed by atoms with Gasteiger partial charge in [0, 0.05) is 34.2 Å². The number of nitrogens with zero attached hydrogens (tertiary/aromatic N) is 2. The van der Waals surface area contributed by atoms with Crippen LogP contribution in [0.2, 0.25) is 0 Å².